The summed E-state index contributed by atoms with van der Waals surface area (Å²) in [5.74, 6) is -1.72. The average Bonchev–Trinajstić information content (AvgIpc) is 4.20. The van der Waals surface area contributed by atoms with Gasteiger partial charge in [0.05, 0.1) is 26.4 Å². The first-order chi connectivity index (χ1) is 28.6. The molecule has 2 amide bonds. The standard InChI is InChI=1S/C42H51N3O14/c46-15-14-43-37(51)24-8-3-5-22(17-24)19-44-40(53)41-18-28-33-34(58-42(57-33,26-10-11-26)27-12-13-27)36(41)59-45(35(41)38(52)55-28)20-25-7-2-1-6-23(25)9-4-16-54-39-32(50)31(49)30(48)29(21-47)56-39/h1-9,17,26-36,39,46-50H,10-16,18-21H2,(H,43,51)(H,44,53)/t28-,29-,30+,31+,32-,33+,34+,35+,36-,39+,41+/m1/s1. The molecule has 2 aromatic rings. The summed E-state index contributed by atoms with van der Waals surface area (Å²) in [5.41, 5.74) is 1.13. The minimum atomic E-state index is -1.57. The Balaban J connectivity index is 0.969. The molecular formula is C42H51N3O14. The molecule has 3 aliphatic carbocycles. The van der Waals surface area contributed by atoms with Crippen molar-refractivity contribution in [3.05, 3.63) is 76.9 Å². The molecule has 4 saturated heterocycles. The Morgan fingerprint density at radius 1 is 0.932 bits per heavy atom. The molecule has 11 atom stereocenters. The summed E-state index contributed by atoms with van der Waals surface area (Å²) in [6.07, 6.45) is -2.40. The lowest BCUT2D eigenvalue weighted by atomic mass is 9.62. The molecule has 3 saturated carbocycles. The number of esters is 1. The largest absolute Gasteiger partial charge is 0.458 e. The topological polar surface area (TPSA) is 235 Å². The quantitative estimate of drug-likeness (QED) is 0.114. The van der Waals surface area contributed by atoms with E-state index in [1.165, 1.54) is 5.06 Å². The van der Waals surface area contributed by atoms with Gasteiger partial charge in [-0.2, -0.15) is 5.06 Å². The predicted octanol–water partition coefficient (Wildman–Crippen LogP) is -0.345. The molecule has 2 bridgehead atoms. The lowest BCUT2D eigenvalue weighted by Crippen LogP contribution is -2.69. The van der Waals surface area contributed by atoms with Crippen molar-refractivity contribution in [3.63, 3.8) is 0 Å². The van der Waals surface area contributed by atoms with Gasteiger partial charge in [-0.3, -0.25) is 19.2 Å². The number of ether oxygens (including phenoxy) is 5. The van der Waals surface area contributed by atoms with Crippen LogP contribution in [0.25, 0.3) is 6.08 Å². The second-order valence-corrected chi connectivity index (χ2v) is 16.7. The fourth-order valence-electron chi connectivity index (χ4n) is 9.65. The molecule has 0 aromatic heterocycles. The van der Waals surface area contributed by atoms with E-state index >= 15 is 0 Å². The number of hydrogen-bond donors (Lipinski definition) is 7. The van der Waals surface area contributed by atoms with Crippen LogP contribution in [0.3, 0.4) is 0 Å². The number of hydrogen-bond acceptors (Lipinski definition) is 15. The maximum absolute atomic E-state index is 14.9. The molecule has 0 radical (unpaired) electrons. The number of nitrogens with one attached hydrogen (secondary N) is 2. The van der Waals surface area contributed by atoms with Crippen molar-refractivity contribution >= 4 is 23.9 Å². The number of rotatable bonds is 15. The van der Waals surface area contributed by atoms with Gasteiger partial charge in [0, 0.05) is 36.9 Å². The molecule has 318 valence electrons. The number of amides is 2. The first kappa shape index (κ1) is 40.6. The maximum atomic E-state index is 14.9. The molecule has 4 aliphatic heterocycles. The van der Waals surface area contributed by atoms with E-state index in [9.17, 15) is 34.8 Å². The summed E-state index contributed by atoms with van der Waals surface area (Å²) < 4.78 is 31.1. The SMILES string of the molecule is O=C(NCCO)c1cccc(CNC(=O)[C@@]23C[C@H]4OC(=O)[C@@H]2N(Cc2ccccc2C=CCO[C@H]2O[C@H](CO)[C@H](O)[C@H](O)[C@H]2O)O[C@@H]3[C@H]2OC(C3CC3)(C3CC3)O[C@H]24)c1. The van der Waals surface area contributed by atoms with Crippen LogP contribution in [0.5, 0.6) is 0 Å². The van der Waals surface area contributed by atoms with Gasteiger partial charge in [-0.25, -0.2) is 0 Å². The van der Waals surface area contributed by atoms with E-state index in [1.54, 1.807) is 36.4 Å². The molecule has 0 spiro atoms. The molecule has 9 rings (SSSR count). The number of carbonyl (C=O) groups excluding carboxylic acids is 3. The van der Waals surface area contributed by atoms with Crippen molar-refractivity contribution in [2.24, 2.45) is 17.3 Å². The van der Waals surface area contributed by atoms with Gasteiger partial charge in [0.15, 0.2) is 18.1 Å². The summed E-state index contributed by atoms with van der Waals surface area (Å²) >= 11 is 0. The van der Waals surface area contributed by atoms with Crippen LogP contribution in [0.1, 0.15) is 59.2 Å². The summed E-state index contributed by atoms with van der Waals surface area (Å²) in [6.45, 7) is -0.563. The third-order valence-corrected chi connectivity index (χ3v) is 12.8. The van der Waals surface area contributed by atoms with Crippen molar-refractivity contribution in [1.82, 2.24) is 15.7 Å². The number of hydroxylamine groups is 2. The molecule has 59 heavy (non-hydrogen) atoms. The lowest BCUT2D eigenvalue weighted by molar-refractivity contribution is -0.298. The Kier molecular flexibility index (Phi) is 11.1. The van der Waals surface area contributed by atoms with E-state index in [2.05, 4.69) is 10.6 Å². The molecule has 4 heterocycles. The van der Waals surface area contributed by atoms with Crippen LogP contribution >= 0.6 is 0 Å². The van der Waals surface area contributed by atoms with Crippen LogP contribution < -0.4 is 10.6 Å². The Morgan fingerprint density at radius 2 is 1.69 bits per heavy atom. The number of aliphatic hydroxyl groups excluding tert-OH is 5. The van der Waals surface area contributed by atoms with Gasteiger partial charge < -0.3 is 59.9 Å². The molecule has 7 aliphatic rings. The van der Waals surface area contributed by atoms with Crippen molar-refractivity contribution in [2.75, 3.05) is 26.4 Å². The molecule has 7 fully saturated rings. The molecule has 17 heteroatoms. The number of aliphatic hydroxyl groups is 5. The average molecular weight is 822 g/mol. The number of benzene rings is 2. The van der Waals surface area contributed by atoms with E-state index in [0.29, 0.717) is 11.1 Å². The summed E-state index contributed by atoms with van der Waals surface area (Å²) in [4.78, 5) is 48.5. The smallest absolute Gasteiger partial charge is 0.327 e. The second kappa shape index (κ2) is 16.2. The molecular weight excluding hydrogens is 770 g/mol. The van der Waals surface area contributed by atoms with Crippen molar-refractivity contribution in [1.29, 1.82) is 0 Å². The fourth-order valence-corrected chi connectivity index (χ4v) is 9.65. The lowest BCUT2D eigenvalue weighted by Gasteiger charge is -2.48. The Labute approximate surface area is 340 Å². The minimum absolute atomic E-state index is 0.0562. The van der Waals surface area contributed by atoms with Crippen LogP contribution in [0.15, 0.2) is 54.6 Å². The van der Waals surface area contributed by atoms with E-state index in [-0.39, 0.29) is 57.0 Å². The van der Waals surface area contributed by atoms with Crippen LogP contribution in [-0.4, -0.2) is 142 Å². The Bertz CT molecular complexity index is 1930. The van der Waals surface area contributed by atoms with Crippen molar-refractivity contribution in [3.8, 4) is 0 Å². The highest BCUT2D eigenvalue weighted by Gasteiger charge is 2.78. The molecule has 17 nitrogen and oxygen atoms in total. The number of fused-ring (bicyclic) bond motifs is 4. The highest BCUT2D eigenvalue weighted by atomic mass is 16.8. The van der Waals surface area contributed by atoms with E-state index in [4.69, 9.17) is 33.6 Å². The fraction of sp³-hybridized carbons (Fsp3) is 0.595. The normalized spacial score (nSPS) is 36.0. The maximum Gasteiger partial charge on any atom is 0.327 e. The highest BCUT2D eigenvalue weighted by molar-refractivity contribution is 5.95. The van der Waals surface area contributed by atoms with Gasteiger partial charge >= 0.3 is 5.97 Å². The zero-order valence-corrected chi connectivity index (χ0v) is 32.3. The number of nitrogens with zero attached hydrogens (tertiary/aromatic N) is 1. The number of carbonyl (C=O) groups is 3. The Hall–Kier alpha value is -3.85. The molecule has 0 unspecified atom stereocenters. The van der Waals surface area contributed by atoms with Gasteiger partial charge in [0.25, 0.3) is 5.91 Å². The van der Waals surface area contributed by atoms with E-state index in [1.807, 2.05) is 24.3 Å². The summed E-state index contributed by atoms with van der Waals surface area (Å²) in [6, 6.07) is 13.1. The minimum Gasteiger partial charge on any atom is -0.458 e. The van der Waals surface area contributed by atoms with E-state index in [0.717, 1.165) is 36.8 Å². The summed E-state index contributed by atoms with van der Waals surface area (Å²) in [7, 11) is 0. The van der Waals surface area contributed by atoms with Crippen molar-refractivity contribution < 1.29 is 68.4 Å². The van der Waals surface area contributed by atoms with Gasteiger partial charge in [0.2, 0.25) is 5.91 Å². The molecule has 7 N–H and O–H groups in total. The van der Waals surface area contributed by atoms with Crippen LogP contribution in [-0.2, 0) is 51.2 Å². The zero-order valence-electron chi connectivity index (χ0n) is 32.3. The highest BCUT2D eigenvalue weighted by Crippen LogP contribution is 2.63. The first-order valence-electron chi connectivity index (χ1n) is 20.5. The van der Waals surface area contributed by atoms with Crippen LogP contribution in [0.2, 0.25) is 0 Å². The van der Waals surface area contributed by atoms with Crippen LogP contribution in [0, 0.1) is 17.3 Å². The van der Waals surface area contributed by atoms with Gasteiger partial charge in [-0.15, -0.1) is 0 Å². The second-order valence-electron chi connectivity index (χ2n) is 16.7. The van der Waals surface area contributed by atoms with Gasteiger partial charge in [-0.05, 0) is 54.5 Å². The zero-order chi connectivity index (χ0) is 41.1. The van der Waals surface area contributed by atoms with Gasteiger partial charge in [-0.1, -0.05) is 48.6 Å². The monoisotopic (exact) mass is 821 g/mol. The third-order valence-electron chi connectivity index (χ3n) is 12.8. The van der Waals surface area contributed by atoms with Crippen molar-refractivity contribution in [2.45, 2.75) is 112 Å². The molecule has 2 aromatic carbocycles. The predicted molar refractivity (Wildman–Crippen MR) is 202 cm³/mol. The van der Waals surface area contributed by atoms with Gasteiger partial charge in [0.1, 0.15) is 54.2 Å². The third kappa shape index (κ3) is 7.29. The summed E-state index contributed by atoms with van der Waals surface area (Å²) in [5, 5.41) is 56.5. The Morgan fingerprint density at radius 3 is 2.44 bits per heavy atom. The van der Waals surface area contributed by atoms with E-state index < -0.39 is 90.8 Å². The first-order valence-corrected chi connectivity index (χ1v) is 20.5. The van der Waals surface area contributed by atoms with Crippen LogP contribution in [0.4, 0.5) is 0 Å².